The maximum atomic E-state index is 5.35. The minimum absolute atomic E-state index is 0.640. The molecule has 0 spiro atoms. The van der Waals surface area contributed by atoms with E-state index in [-0.39, 0.29) is 0 Å². The third-order valence-electron chi connectivity index (χ3n) is 2.14. The molecule has 0 heterocycles. The Kier molecular flexibility index (Phi) is 10.6. The number of unbranched alkanes of at least 4 members (excludes halogenated alkanes) is 3. The summed E-state index contributed by atoms with van der Waals surface area (Å²) >= 11 is 0. The van der Waals surface area contributed by atoms with Gasteiger partial charge in [0.1, 0.15) is 0 Å². The fourth-order valence-electron chi connectivity index (χ4n) is 1.19. The molecule has 0 saturated heterocycles. The summed E-state index contributed by atoms with van der Waals surface area (Å²) in [4.78, 5) is 0. The first-order valence-corrected chi connectivity index (χ1v) is 5.79. The molecule has 0 saturated carbocycles. The van der Waals surface area contributed by atoms with Gasteiger partial charge in [0.2, 0.25) is 0 Å². The SMILES string of the molecule is CCCCCCN.NCc1ccccc1. The summed E-state index contributed by atoms with van der Waals surface area (Å²) in [6, 6.07) is 9.99. The van der Waals surface area contributed by atoms with Crippen LogP contribution in [0.15, 0.2) is 30.3 Å². The monoisotopic (exact) mass is 208 g/mol. The van der Waals surface area contributed by atoms with Crippen molar-refractivity contribution in [2.45, 2.75) is 39.2 Å². The lowest BCUT2D eigenvalue weighted by Gasteiger charge is -1.90. The van der Waals surface area contributed by atoms with E-state index in [1.165, 1.54) is 31.2 Å². The Labute approximate surface area is 93.7 Å². The summed E-state index contributed by atoms with van der Waals surface area (Å²) in [7, 11) is 0. The summed E-state index contributed by atoms with van der Waals surface area (Å²) < 4.78 is 0. The maximum absolute atomic E-state index is 5.35. The van der Waals surface area contributed by atoms with Gasteiger partial charge in [-0.25, -0.2) is 0 Å². The van der Waals surface area contributed by atoms with E-state index in [0.29, 0.717) is 6.54 Å². The highest BCUT2D eigenvalue weighted by Gasteiger charge is 1.80. The van der Waals surface area contributed by atoms with Crippen LogP contribution in [-0.2, 0) is 6.54 Å². The first-order valence-electron chi connectivity index (χ1n) is 5.79. The Bertz CT molecular complexity index is 205. The zero-order valence-electron chi connectivity index (χ0n) is 9.78. The summed E-state index contributed by atoms with van der Waals surface area (Å²) in [5.41, 5.74) is 11.8. The number of benzene rings is 1. The van der Waals surface area contributed by atoms with Crippen molar-refractivity contribution in [3.8, 4) is 0 Å². The Morgan fingerprint density at radius 1 is 0.933 bits per heavy atom. The summed E-state index contributed by atoms with van der Waals surface area (Å²) in [5, 5.41) is 0. The van der Waals surface area contributed by atoms with Crippen LogP contribution in [0.4, 0.5) is 0 Å². The second-order valence-electron chi connectivity index (χ2n) is 3.54. The van der Waals surface area contributed by atoms with Crippen molar-refractivity contribution in [1.29, 1.82) is 0 Å². The van der Waals surface area contributed by atoms with E-state index in [9.17, 15) is 0 Å². The number of hydrogen-bond donors (Lipinski definition) is 2. The van der Waals surface area contributed by atoms with Crippen LogP contribution in [0.25, 0.3) is 0 Å². The smallest absolute Gasteiger partial charge is 0.0178 e. The van der Waals surface area contributed by atoms with Gasteiger partial charge in [0.25, 0.3) is 0 Å². The van der Waals surface area contributed by atoms with Crippen LogP contribution in [0.2, 0.25) is 0 Å². The van der Waals surface area contributed by atoms with Gasteiger partial charge in [-0.15, -0.1) is 0 Å². The third kappa shape index (κ3) is 9.44. The number of hydrogen-bond acceptors (Lipinski definition) is 2. The molecule has 1 rings (SSSR count). The first-order chi connectivity index (χ1) is 7.35. The van der Waals surface area contributed by atoms with Crippen molar-refractivity contribution < 1.29 is 0 Å². The highest BCUT2D eigenvalue weighted by Crippen LogP contribution is 1.95. The van der Waals surface area contributed by atoms with Gasteiger partial charge in [0.05, 0.1) is 0 Å². The van der Waals surface area contributed by atoms with Gasteiger partial charge in [-0.05, 0) is 18.5 Å². The molecule has 0 atom stereocenters. The Morgan fingerprint density at radius 3 is 2.00 bits per heavy atom. The van der Waals surface area contributed by atoms with Gasteiger partial charge in [0.15, 0.2) is 0 Å². The van der Waals surface area contributed by atoms with Gasteiger partial charge in [-0.1, -0.05) is 56.5 Å². The van der Waals surface area contributed by atoms with Crippen molar-refractivity contribution in [2.24, 2.45) is 11.5 Å². The van der Waals surface area contributed by atoms with Crippen molar-refractivity contribution >= 4 is 0 Å². The average Bonchev–Trinajstić information content (AvgIpc) is 2.32. The third-order valence-corrected chi connectivity index (χ3v) is 2.14. The standard InChI is InChI=1S/C7H9N.C6H15N/c8-6-7-4-2-1-3-5-7;1-2-3-4-5-6-7/h1-5H,6,8H2;2-7H2,1H3. The van der Waals surface area contributed by atoms with E-state index in [1.54, 1.807) is 0 Å². The summed E-state index contributed by atoms with van der Waals surface area (Å²) in [6.45, 7) is 3.71. The quantitative estimate of drug-likeness (QED) is 0.731. The van der Waals surface area contributed by atoms with E-state index in [0.717, 1.165) is 6.54 Å². The maximum Gasteiger partial charge on any atom is 0.0178 e. The predicted molar refractivity (Wildman–Crippen MR) is 67.5 cm³/mol. The van der Waals surface area contributed by atoms with E-state index < -0.39 is 0 Å². The van der Waals surface area contributed by atoms with Crippen LogP contribution >= 0.6 is 0 Å². The van der Waals surface area contributed by atoms with Gasteiger partial charge in [0, 0.05) is 6.54 Å². The molecule has 0 aromatic heterocycles. The van der Waals surface area contributed by atoms with Crippen LogP contribution in [0, 0.1) is 0 Å². The van der Waals surface area contributed by atoms with Crippen LogP contribution in [0.3, 0.4) is 0 Å². The summed E-state index contributed by atoms with van der Waals surface area (Å²) in [6.07, 6.45) is 5.16. The molecule has 0 aliphatic rings. The van der Waals surface area contributed by atoms with E-state index in [2.05, 4.69) is 6.92 Å². The van der Waals surface area contributed by atoms with E-state index in [4.69, 9.17) is 11.5 Å². The molecule has 2 heteroatoms. The second kappa shape index (κ2) is 11.2. The van der Waals surface area contributed by atoms with Gasteiger partial charge < -0.3 is 11.5 Å². The zero-order chi connectivity index (χ0) is 11.4. The highest BCUT2D eigenvalue weighted by molar-refractivity contribution is 5.13. The van der Waals surface area contributed by atoms with Crippen LogP contribution < -0.4 is 11.5 Å². The minimum atomic E-state index is 0.640. The van der Waals surface area contributed by atoms with Gasteiger partial charge in [-0.2, -0.15) is 0 Å². The van der Waals surface area contributed by atoms with Crippen molar-refractivity contribution in [1.82, 2.24) is 0 Å². The Balaban J connectivity index is 0.000000265. The molecule has 0 amide bonds. The molecule has 15 heavy (non-hydrogen) atoms. The average molecular weight is 208 g/mol. The van der Waals surface area contributed by atoms with E-state index in [1.807, 2.05) is 30.3 Å². The van der Waals surface area contributed by atoms with Crippen LogP contribution in [0.5, 0.6) is 0 Å². The zero-order valence-corrected chi connectivity index (χ0v) is 9.78. The van der Waals surface area contributed by atoms with Crippen LogP contribution in [0.1, 0.15) is 38.2 Å². The predicted octanol–water partition coefficient (Wildman–Crippen LogP) is 2.67. The van der Waals surface area contributed by atoms with Gasteiger partial charge in [-0.3, -0.25) is 0 Å². The lowest BCUT2D eigenvalue weighted by Crippen LogP contribution is -1.97. The van der Waals surface area contributed by atoms with Crippen molar-refractivity contribution in [3.63, 3.8) is 0 Å². The molecular formula is C13H24N2. The largest absolute Gasteiger partial charge is 0.330 e. The second-order valence-corrected chi connectivity index (χ2v) is 3.54. The highest BCUT2D eigenvalue weighted by atomic mass is 14.5. The molecular weight excluding hydrogens is 184 g/mol. The Hall–Kier alpha value is -0.860. The minimum Gasteiger partial charge on any atom is -0.330 e. The molecule has 1 aromatic rings. The molecule has 4 N–H and O–H groups in total. The molecule has 86 valence electrons. The van der Waals surface area contributed by atoms with Crippen molar-refractivity contribution in [2.75, 3.05) is 6.54 Å². The van der Waals surface area contributed by atoms with Gasteiger partial charge >= 0.3 is 0 Å². The molecule has 1 aromatic carbocycles. The molecule has 0 unspecified atom stereocenters. The normalized spacial score (nSPS) is 9.27. The fraction of sp³-hybridized carbons (Fsp3) is 0.538. The fourth-order valence-corrected chi connectivity index (χ4v) is 1.19. The molecule has 0 bridgehead atoms. The lowest BCUT2D eigenvalue weighted by molar-refractivity contribution is 0.674. The van der Waals surface area contributed by atoms with Crippen molar-refractivity contribution in [3.05, 3.63) is 35.9 Å². The molecule has 0 aliphatic heterocycles. The molecule has 0 fully saturated rings. The number of nitrogens with two attached hydrogens (primary N) is 2. The van der Waals surface area contributed by atoms with Crippen LogP contribution in [-0.4, -0.2) is 6.54 Å². The number of rotatable bonds is 5. The Morgan fingerprint density at radius 2 is 1.60 bits per heavy atom. The molecule has 2 nitrogen and oxygen atoms in total. The summed E-state index contributed by atoms with van der Waals surface area (Å²) in [5.74, 6) is 0. The molecule has 0 radical (unpaired) electrons. The first kappa shape index (κ1) is 14.1. The molecule has 0 aliphatic carbocycles. The lowest BCUT2D eigenvalue weighted by atomic mass is 10.2. The van der Waals surface area contributed by atoms with E-state index >= 15 is 0 Å². The topological polar surface area (TPSA) is 52.0 Å².